The van der Waals surface area contributed by atoms with Crippen molar-refractivity contribution in [3.8, 4) is 0 Å². The largest absolute Gasteiger partial charge is 0.478 e. The molecule has 3 aromatic rings. The van der Waals surface area contributed by atoms with Crippen molar-refractivity contribution >= 4 is 11.6 Å². The van der Waals surface area contributed by atoms with Crippen LogP contribution in [0, 0.1) is 0 Å². The first kappa shape index (κ1) is 10.5. The molecule has 0 amide bonds. The van der Waals surface area contributed by atoms with Crippen molar-refractivity contribution in [1.82, 2.24) is 24.4 Å². The van der Waals surface area contributed by atoms with Gasteiger partial charge < -0.3 is 5.11 Å². The van der Waals surface area contributed by atoms with E-state index < -0.39 is 5.97 Å². The highest BCUT2D eigenvalue weighted by Crippen LogP contribution is 2.05. The first-order chi connectivity index (χ1) is 8.72. The molecule has 7 nitrogen and oxygen atoms in total. The number of imidazole rings is 1. The van der Waals surface area contributed by atoms with Crippen molar-refractivity contribution in [2.75, 3.05) is 0 Å². The predicted octanol–water partition coefficient (Wildman–Crippen LogP) is 0.672. The highest BCUT2D eigenvalue weighted by molar-refractivity contribution is 5.86. The summed E-state index contributed by atoms with van der Waals surface area (Å²) in [5, 5.41) is 16.9. The lowest BCUT2D eigenvalue weighted by Crippen LogP contribution is -2.00. The third kappa shape index (κ3) is 1.81. The Hall–Kier alpha value is -2.70. The molecule has 3 aromatic heterocycles. The maximum atomic E-state index is 10.7. The Morgan fingerprint density at radius 1 is 1.33 bits per heavy atom. The number of carbonyl (C=O) groups is 1. The van der Waals surface area contributed by atoms with Crippen LogP contribution in [-0.2, 0) is 6.54 Å². The molecule has 3 heterocycles. The molecule has 0 bridgehead atoms. The highest BCUT2D eigenvalue weighted by Gasteiger charge is 2.08. The summed E-state index contributed by atoms with van der Waals surface area (Å²) in [4.78, 5) is 15.1. The van der Waals surface area contributed by atoms with E-state index in [1.54, 1.807) is 16.9 Å². The van der Waals surface area contributed by atoms with Crippen LogP contribution >= 0.6 is 0 Å². The second-order valence-electron chi connectivity index (χ2n) is 3.79. The molecule has 18 heavy (non-hydrogen) atoms. The number of nitrogens with zero attached hydrogens (tertiary/aromatic N) is 5. The van der Waals surface area contributed by atoms with Gasteiger partial charge in [-0.15, -0.1) is 0 Å². The summed E-state index contributed by atoms with van der Waals surface area (Å²) < 4.78 is 3.20. The molecule has 0 spiro atoms. The van der Waals surface area contributed by atoms with Gasteiger partial charge in [-0.05, 0) is 12.1 Å². The Kier molecular flexibility index (Phi) is 2.30. The number of carboxylic acids is 1. The fourth-order valence-electron chi connectivity index (χ4n) is 1.68. The number of fused-ring (bicyclic) bond motifs is 1. The molecular weight excluding hydrogens is 234 g/mol. The molecule has 0 fully saturated rings. The van der Waals surface area contributed by atoms with E-state index >= 15 is 0 Å². The van der Waals surface area contributed by atoms with Crippen LogP contribution in [0.2, 0.25) is 0 Å². The van der Waals surface area contributed by atoms with Gasteiger partial charge in [0, 0.05) is 12.4 Å². The molecule has 3 rings (SSSR count). The summed E-state index contributed by atoms with van der Waals surface area (Å²) in [6.45, 7) is 0.413. The molecule has 0 aliphatic rings. The maximum absolute atomic E-state index is 10.7. The van der Waals surface area contributed by atoms with Gasteiger partial charge >= 0.3 is 5.97 Å². The van der Waals surface area contributed by atoms with Crippen molar-refractivity contribution in [3.05, 3.63) is 48.2 Å². The minimum atomic E-state index is -0.988. The lowest BCUT2D eigenvalue weighted by molar-refractivity contribution is 0.0697. The number of rotatable bonds is 3. The number of hydrogen-bond donors (Lipinski definition) is 1. The number of aromatic nitrogens is 5. The van der Waals surface area contributed by atoms with Gasteiger partial charge in [-0.3, -0.25) is 4.68 Å². The van der Waals surface area contributed by atoms with Crippen LogP contribution in [0.15, 0.2) is 36.9 Å². The second-order valence-corrected chi connectivity index (χ2v) is 3.79. The summed E-state index contributed by atoms with van der Waals surface area (Å²) in [7, 11) is 0. The fourth-order valence-corrected chi connectivity index (χ4v) is 1.68. The minimum Gasteiger partial charge on any atom is -0.478 e. The molecule has 1 N–H and O–H groups in total. The van der Waals surface area contributed by atoms with E-state index in [0.29, 0.717) is 6.54 Å². The average molecular weight is 243 g/mol. The molecule has 0 saturated carbocycles. The van der Waals surface area contributed by atoms with Crippen LogP contribution in [0.5, 0.6) is 0 Å². The van der Waals surface area contributed by atoms with Crippen LogP contribution in [0.1, 0.15) is 16.1 Å². The van der Waals surface area contributed by atoms with Crippen LogP contribution in [0.4, 0.5) is 0 Å². The van der Waals surface area contributed by atoms with Gasteiger partial charge in [0.2, 0.25) is 0 Å². The van der Waals surface area contributed by atoms with Gasteiger partial charge in [0.15, 0.2) is 5.65 Å². The standard InChI is InChI=1S/C11H9N5O2/c17-11(18)8-4-13-15(5-8)6-9-7-16-10(14-9)2-1-3-12-16/h1-5,7H,6H2,(H,17,18). The first-order valence-electron chi connectivity index (χ1n) is 5.27. The van der Waals surface area contributed by atoms with Gasteiger partial charge in [0.1, 0.15) is 0 Å². The fraction of sp³-hybridized carbons (Fsp3) is 0.0909. The SMILES string of the molecule is O=C(O)c1cnn(Cc2cn3ncccc3n2)c1. The first-order valence-corrected chi connectivity index (χ1v) is 5.27. The van der Waals surface area contributed by atoms with Crippen molar-refractivity contribution in [2.24, 2.45) is 0 Å². The molecule has 0 atom stereocenters. The van der Waals surface area contributed by atoms with Crippen LogP contribution in [0.25, 0.3) is 5.65 Å². The third-order valence-corrected chi connectivity index (χ3v) is 2.49. The van der Waals surface area contributed by atoms with Crippen LogP contribution < -0.4 is 0 Å². The van der Waals surface area contributed by atoms with Gasteiger partial charge in [0.05, 0.1) is 30.2 Å². The molecule has 0 aliphatic carbocycles. The normalized spacial score (nSPS) is 10.9. The lowest BCUT2D eigenvalue weighted by Gasteiger charge is -1.95. The van der Waals surface area contributed by atoms with Gasteiger partial charge in [-0.25, -0.2) is 14.3 Å². The topological polar surface area (TPSA) is 85.3 Å². The molecule has 90 valence electrons. The van der Waals surface area contributed by atoms with Gasteiger partial charge in [0.25, 0.3) is 0 Å². The molecule has 0 saturated heterocycles. The van der Waals surface area contributed by atoms with Crippen molar-refractivity contribution in [1.29, 1.82) is 0 Å². The van der Waals surface area contributed by atoms with Crippen molar-refractivity contribution < 1.29 is 9.90 Å². The summed E-state index contributed by atoms with van der Waals surface area (Å²) >= 11 is 0. The maximum Gasteiger partial charge on any atom is 0.338 e. The smallest absolute Gasteiger partial charge is 0.338 e. The van der Waals surface area contributed by atoms with Crippen molar-refractivity contribution in [3.63, 3.8) is 0 Å². The Bertz CT molecular complexity index is 682. The zero-order chi connectivity index (χ0) is 12.5. The Morgan fingerprint density at radius 2 is 2.22 bits per heavy atom. The molecule has 0 radical (unpaired) electrons. The Labute approximate surface area is 101 Å². The van der Waals surface area contributed by atoms with E-state index in [-0.39, 0.29) is 5.56 Å². The van der Waals surface area contributed by atoms with Crippen LogP contribution in [-0.4, -0.2) is 35.5 Å². The van der Waals surface area contributed by atoms with Crippen molar-refractivity contribution in [2.45, 2.75) is 6.54 Å². The average Bonchev–Trinajstić information content (AvgIpc) is 2.94. The quantitative estimate of drug-likeness (QED) is 0.730. The summed E-state index contributed by atoms with van der Waals surface area (Å²) in [6.07, 6.45) is 6.25. The molecule has 0 aliphatic heterocycles. The summed E-state index contributed by atoms with van der Waals surface area (Å²) in [6, 6.07) is 3.66. The zero-order valence-electron chi connectivity index (χ0n) is 9.26. The Morgan fingerprint density at radius 3 is 2.94 bits per heavy atom. The molecule has 7 heteroatoms. The van der Waals surface area contributed by atoms with E-state index in [0.717, 1.165) is 11.3 Å². The Balaban J connectivity index is 1.88. The van der Waals surface area contributed by atoms with Crippen LogP contribution in [0.3, 0.4) is 0 Å². The summed E-state index contributed by atoms with van der Waals surface area (Å²) in [5.74, 6) is -0.988. The van der Waals surface area contributed by atoms with Gasteiger partial charge in [-0.1, -0.05) is 0 Å². The monoisotopic (exact) mass is 243 g/mol. The zero-order valence-corrected chi connectivity index (χ0v) is 9.26. The van der Waals surface area contributed by atoms with E-state index in [9.17, 15) is 4.79 Å². The number of hydrogen-bond acceptors (Lipinski definition) is 4. The molecule has 0 aromatic carbocycles. The third-order valence-electron chi connectivity index (χ3n) is 2.49. The van der Waals surface area contributed by atoms with E-state index in [2.05, 4.69) is 15.2 Å². The second kappa shape index (κ2) is 3.95. The molecule has 0 unspecified atom stereocenters. The highest BCUT2D eigenvalue weighted by atomic mass is 16.4. The summed E-state index contributed by atoms with van der Waals surface area (Å²) in [5.41, 5.74) is 1.68. The molecular formula is C11H9N5O2. The number of aromatic carboxylic acids is 1. The lowest BCUT2D eigenvalue weighted by atomic mass is 10.4. The van der Waals surface area contributed by atoms with Gasteiger partial charge in [-0.2, -0.15) is 10.2 Å². The van der Waals surface area contributed by atoms with E-state index in [1.165, 1.54) is 17.1 Å². The van der Waals surface area contributed by atoms with E-state index in [1.807, 2.05) is 12.1 Å². The minimum absolute atomic E-state index is 0.164. The number of carboxylic acid groups (broad SMARTS) is 1. The predicted molar refractivity (Wildman–Crippen MR) is 61.3 cm³/mol. The van der Waals surface area contributed by atoms with E-state index in [4.69, 9.17) is 5.11 Å².